The van der Waals surface area contributed by atoms with E-state index >= 15 is 0 Å². The number of hydrogen-bond acceptors (Lipinski definition) is 6. The van der Waals surface area contributed by atoms with Crippen LogP contribution in [0.5, 0.6) is 0 Å². The summed E-state index contributed by atoms with van der Waals surface area (Å²) in [5.41, 5.74) is 8.61. The highest BCUT2D eigenvalue weighted by molar-refractivity contribution is 5.98. The normalized spacial score (nSPS) is 10.4. The predicted octanol–water partition coefficient (Wildman–Crippen LogP) is 2.37. The smallest absolute Gasteiger partial charge is 0.273 e. The lowest BCUT2D eigenvalue weighted by molar-refractivity contribution is -0.115. The first kappa shape index (κ1) is 20.0. The highest BCUT2D eigenvalue weighted by atomic mass is 16.3. The summed E-state index contributed by atoms with van der Waals surface area (Å²) in [6.45, 7) is 1.40. The predicted molar refractivity (Wildman–Crippen MR) is 107 cm³/mol. The van der Waals surface area contributed by atoms with E-state index < -0.39 is 5.91 Å². The monoisotopic (exact) mass is 392 g/mol. The number of carbonyl (C=O) groups excluding carboxylic acids is 3. The third-order valence-corrected chi connectivity index (χ3v) is 4.16. The molecule has 1 aromatic heterocycles. The summed E-state index contributed by atoms with van der Waals surface area (Å²) in [5, 5.41) is 5.17. The molecule has 148 valence electrons. The van der Waals surface area contributed by atoms with Gasteiger partial charge in [-0.3, -0.25) is 14.4 Å². The van der Waals surface area contributed by atoms with Gasteiger partial charge < -0.3 is 20.8 Å². The van der Waals surface area contributed by atoms with E-state index in [-0.39, 0.29) is 36.4 Å². The molecule has 0 bridgehead atoms. The molecule has 2 amide bonds. The molecule has 0 radical (unpaired) electrons. The SMILES string of the molecule is CC(=O)c1ccc(-c2ccc(NC(=O)CNC(=O)c3coc(CN)n3)cc2)cc1. The van der Waals surface area contributed by atoms with Crippen LogP contribution in [-0.2, 0) is 11.3 Å². The Balaban J connectivity index is 1.54. The summed E-state index contributed by atoms with van der Waals surface area (Å²) in [6.07, 6.45) is 1.19. The van der Waals surface area contributed by atoms with E-state index in [4.69, 9.17) is 10.2 Å². The van der Waals surface area contributed by atoms with Gasteiger partial charge in [-0.2, -0.15) is 0 Å². The first-order valence-corrected chi connectivity index (χ1v) is 8.90. The lowest BCUT2D eigenvalue weighted by atomic mass is 10.0. The minimum absolute atomic E-state index is 0.0186. The molecular formula is C21H20N4O4. The van der Waals surface area contributed by atoms with E-state index in [0.29, 0.717) is 11.3 Å². The molecule has 4 N–H and O–H groups in total. The van der Waals surface area contributed by atoms with Crippen LogP contribution in [0.15, 0.2) is 59.2 Å². The number of hydrogen-bond donors (Lipinski definition) is 3. The Morgan fingerprint density at radius 3 is 2.17 bits per heavy atom. The second-order valence-electron chi connectivity index (χ2n) is 6.27. The van der Waals surface area contributed by atoms with Gasteiger partial charge in [0.2, 0.25) is 11.8 Å². The standard InChI is InChI=1S/C21H20N4O4/c1-13(26)14-2-4-15(5-3-14)16-6-8-17(9-7-16)24-19(27)11-23-21(28)18-12-29-20(10-22)25-18/h2-9,12H,10-11,22H2,1H3,(H,23,28)(H,24,27). The van der Waals surface area contributed by atoms with Gasteiger partial charge in [0.25, 0.3) is 5.91 Å². The zero-order valence-corrected chi connectivity index (χ0v) is 15.8. The van der Waals surface area contributed by atoms with Crippen molar-refractivity contribution < 1.29 is 18.8 Å². The molecule has 0 aliphatic carbocycles. The Morgan fingerprint density at radius 1 is 1.00 bits per heavy atom. The fourth-order valence-electron chi connectivity index (χ4n) is 2.61. The number of Topliss-reactive ketones (excluding diaryl/α,β-unsaturated/α-hetero) is 1. The topological polar surface area (TPSA) is 127 Å². The first-order valence-electron chi connectivity index (χ1n) is 8.90. The third-order valence-electron chi connectivity index (χ3n) is 4.16. The third kappa shape index (κ3) is 5.14. The van der Waals surface area contributed by atoms with Crippen molar-refractivity contribution in [3.05, 3.63) is 71.9 Å². The molecule has 0 aliphatic heterocycles. The van der Waals surface area contributed by atoms with Gasteiger partial charge in [0, 0.05) is 11.3 Å². The summed E-state index contributed by atoms with van der Waals surface area (Å²) in [7, 11) is 0. The average molecular weight is 392 g/mol. The summed E-state index contributed by atoms with van der Waals surface area (Å²) >= 11 is 0. The molecule has 3 rings (SSSR count). The number of benzene rings is 2. The molecule has 0 atom stereocenters. The number of carbonyl (C=O) groups is 3. The van der Waals surface area contributed by atoms with Crippen LogP contribution in [0.25, 0.3) is 11.1 Å². The van der Waals surface area contributed by atoms with E-state index in [1.807, 2.05) is 24.3 Å². The number of nitrogens with two attached hydrogens (primary N) is 1. The summed E-state index contributed by atoms with van der Waals surface area (Å²) in [4.78, 5) is 39.2. The van der Waals surface area contributed by atoms with E-state index in [1.54, 1.807) is 24.3 Å². The molecule has 2 aromatic carbocycles. The largest absolute Gasteiger partial charge is 0.447 e. The fourth-order valence-corrected chi connectivity index (χ4v) is 2.61. The number of anilines is 1. The highest BCUT2D eigenvalue weighted by Gasteiger charge is 2.13. The average Bonchev–Trinajstić information content (AvgIpc) is 3.22. The summed E-state index contributed by atoms with van der Waals surface area (Å²) in [6, 6.07) is 14.6. The number of oxazole rings is 1. The Labute approximate surface area is 167 Å². The maximum absolute atomic E-state index is 12.0. The van der Waals surface area contributed by atoms with Crippen LogP contribution in [0.1, 0.15) is 33.7 Å². The summed E-state index contributed by atoms with van der Waals surface area (Å²) in [5.74, 6) is -0.631. The highest BCUT2D eigenvalue weighted by Crippen LogP contribution is 2.22. The second-order valence-corrected chi connectivity index (χ2v) is 6.27. The molecule has 1 heterocycles. The van der Waals surface area contributed by atoms with Gasteiger partial charge in [-0.05, 0) is 30.2 Å². The Morgan fingerprint density at radius 2 is 1.62 bits per heavy atom. The maximum atomic E-state index is 12.0. The van der Waals surface area contributed by atoms with Crippen LogP contribution in [0, 0.1) is 0 Å². The van der Waals surface area contributed by atoms with Crippen molar-refractivity contribution in [1.29, 1.82) is 0 Å². The maximum Gasteiger partial charge on any atom is 0.273 e. The molecule has 8 nitrogen and oxygen atoms in total. The van der Waals surface area contributed by atoms with Crippen molar-refractivity contribution in [1.82, 2.24) is 10.3 Å². The van der Waals surface area contributed by atoms with Gasteiger partial charge in [-0.25, -0.2) is 4.98 Å². The lowest BCUT2D eigenvalue weighted by Gasteiger charge is -2.08. The molecule has 0 fully saturated rings. The van der Waals surface area contributed by atoms with Crippen LogP contribution >= 0.6 is 0 Å². The number of ketones is 1. The van der Waals surface area contributed by atoms with E-state index in [9.17, 15) is 14.4 Å². The minimum atomic E-state index is -0.520. The molecule has 0 spiro atoms. The number of rotatable bonds is 7. The molecule has 0 saturated heterocycles. The number of nitrogens with one attached hydrogen (secondary N) is 2. The lowest BCUT2D eigenvalue weighted by Crippen LogP contribution is -2.33. The van der Waals surface area contributed by atoms with Crippen LogP contribution in [0.3, 0.4) is 0 Å². The number of nitrogens with zero attached hydrogens (tertiary/aromatic N) is 1. The van der Waals surface area contributed by atoms with E-state index in [1.165, 1.54) is 13.2 Å². The van der Waals surface area contributed by atoms with Crippen molar-refractivity contribution in [2.75, 3.05) is 11.9 Å². The fraction of sp³-hybridized carbons (Fsp3) is 0.143. The van der Waals surface area contributed by atoms with Gasteiger partial charge >= 0.3 is 0 Å². The van der Waals surface area contributed by atoms with Crippen LogP contribution in [0.2, 0.25) is 0 Å². The second kappa shape index (κ2) is 8.94. The van der Waals surface area contributed by atoms with Gasteiger partial charge in [0.15, 0.2) is 11.5 Å². The van der Waals surface area contributed by atoms with Crippen molar-refractivity contribution in [3.8, 4) is 11.1 Å². The van der Waals surface area contributed by atoms with Crippen molar-refractivity contribution in [2.45, 2.75) is 13.5 Å². The van der Waals surface area contributed by atoms with Crippen molar-refractivity contribution in [3.63, 3.8) is 0 Å². The van der Waals surface area contributed by atoms with Gasteiger partial charge in [0.05, 0.1) is 13.1 Å². The van der Waals surface area contributed by atoms with Gasteiger partial charge in [-0.15, -0.1) is 0 Å². The Bertz CT molecular complexity index is 1020. The van der Waals surface area contributed by atoms with E-state index in [0.717, 1.165) is 11.1 Å². The van der Waals surface area contributed by atoms with E-state index in [2.05, 4.69) is 15.6 Å². The van der Waals surface area contributed by atoms with Crippen LogP contribution in [-0.4, -0.2) is 29.1 Å². The molecule has 3 aromatic rings. The van der Waals surface area contributed by atoms with Gasteiger partial charge in [-0.1, -0.05) is 36.4 Å². The van der Waals surface area contributed by atoms with Crippen molar-refractivity contribution in [2.24, 2.45) is 5.73 Å². The summed E-state index contributed by atoms with van der Waals surface area (Å²) < 4.78 is 4.99. The Kier molecular flexibility index (Phi) is 6.16. The molecular weight excluding hydrogens is 372 g/mol. The van der Waals surface area contributed by atoms with Crippen LogP contribution in [0.4, 0.5) is 5.69 Å². The zero-order chi connectivity index (χ0) is 20.8. The van der Waals surface area contributed by atoms with Crippen molar-refractivity contribution >= 4 is 23.3 Å². The minimum Gasteiger partial charge on any atom is -0.447 e. The van der Waals surface area contributed by atoms with Gasteiger partial charge in [0.1, 0.15) is 6.26 Å². The molecule has 8 heteroatoms. The quantitative estimate of drug-likeness (QED) is 0.530. The Hall–Kier alpha value is -3.78. The number of aromatic nitrogens is 1. The molecule has 0 aliphatic rings. The molecule has 0 saturated carbocycles. The van der Waals surface area contributed by atoms with Crippen LogP contribution < -0.4 is 16.4 Å². The first-order chi connectivity index (χ1) is 14.0. The zero-order valence-electron chi connectivity index (χ0n) is 15.8. The molecule has 29 heavy (non-hydrogen) atoms. The number of amides is 2. The molecule has 0 unspecified atom stereocenters.